The number of rotatable bonds is 6. The van der Waals surface area contributed by atoms with Crippen LogP contribution in [0.25, 0.3) is 11.2 Å². The van der Waals surface area contributed by atoms with E-state index in [9.17, 15) is 4.79 Å². The Morgan fingerprint density at radius 3 is 2.89 bits per heavy atom. The number of anilines is 1. The lowest BCUT2D eigenvalue weighted by Gasteiger charge is -2.09. The van der Waals surface area contributed by atoms with E-state index in [1.807, 2.05) is 16.7 Å². The highest BCUT2D eigenvalue weighted by molar-refractivity contribution is 9.10. The van der Waals surface area contributed by atoms with Crippen molar-refractivity contribution < 1.29 is 19.4 Å². The second-order valence-corrected chi connectivity index (χ2v) is 7.58. The number of carbonyl (C=O) groups is 1. The molecule has 1 aromatic carbocycles. The number of carboxylic acid groups (broad SMARTS) is 1. The molecule has 27 heavy (non-hydrogen) atoms. The summed E-state index contributed by atoms with van der Waals surface area (Å²) in [5.74, 6) is 0.773. The molecule has 0 spiro atoms. The van der Waals surface area contributed by atoms with Gasteiger partial charge in [0.1, 0.15) is 6.33 Å². The maximum atomic E-state index is 10.9. The number of nitrogen functional groups attached to an aromatic ring is 1. The molecule has 0 unspecified atom stereocenters. The summed E-state index contributed by atoms with van der Waals surface area (Å²) in [5, 5.41) is 9.56. The lowest BCUT2D eigenvalue weighted by Crippen LogP contribution is -2.04. The average molecular weight is 452 g/mol. The van der Waals surface area contributed by atoms with Gasteiger partial charge in [-0.2, -0.15) is 0 Å². The first-order chi connectivity index (χ1) is 13.0. The first kappa shape index (κ1) is 17.9. The zero-order valence-electron chi connectivity index (χ0n) is 13.9. The smallest absolute Gasteiger partial charge is 0.303 e. The molecule has 0 saturated carbocycles. The standard InChI is InChI=1S/C16H14BrN5O4S/c17-8-4-9-10(26-7-25-9)5-11(8)27-16-21-13-14(18)19-6-20-15(13)22(16)3-1-2-12(23)24/h4-6H,1-3,7H2,(H,23,24)(H2,18,19,20). The number of carboxylic acids is 1. The summed E-state index contributed by atoms with van der Waals surface area (Å²) in [5.41, 5.74) is 7.01. The molecule has 1 aliphatic heterocycles. The number of aliphatic carboxylic acids is 1. The molecular weight excluding hydrogens is 438 g/mol. The zero-order valence-corrected chi connectivity index (χ0v) is 16.3. The van der Waals surface area contributed by atoms with Crippen molar-refractivity contribution in [2.75, 3.05) is 12.5 Å². The number of aryl methyl sites for hydroxylation is 1. The fraction of sp³-hybridized carbons (Fsp3) is 0.250. The quantitative estimate of drug-likeness (QED) is 0.581. The molecule has 140 valence electrons. The molecule has 0 aliphatic carbocycles. The van der Waals surface area contributed by atoms with Crippen molar-refractivity contribution in [1.82, 2.24) is 19.5 Å². The van der Waals surface area contributed by atoms with E-state index in [4.69, 9.17) is 20.3 Å². The average Bonchev–Trinajstić information content (AvgIpc) is 3.21. The molecule has 3 heterocycles. The highest BCUT2D eigenvalue weighted by Crippen LogP contribution is 2.43. The van der Waals surface area contributed by atoms with Gasteiger partial charge in [-0.05, 0) is 34.5 Å². The number of nitrogens with two attached hydrogens (primary N) is 1. The molecular formula is C16H14BrN5O4S. The molecule has 0 amide bonds. The summed E-state index contributed by atoms with van der Waals surface area (Å²) >= 11 is 4.94. The highest BCUT2D eigenvalue weighted by atomic mass is 79.9. The molecule has 3 aromatic rings. The molecule has 2 aromatic heterocycles. The minimum atomic E-state index is -0.846. The van der Waals surface area contributed by atoms with Gasteiger partial charge in [0.15, 0.2) is 33.6 Å². The number of benzene rings is 1. The van der Waals surface area contributed by atoms with Crippen molar-refractivity contribution in [3.63, 3.8) is 0 Å². The first-order valence-corrected chi connectivity index (χ1v) is 9.59. The molecule has 0 fully saturated rings. The van der Waals surface area contributed by atoms with Gasteiger partial charge in [-0.15, -0.1) is 0 Å². The Hall–Kier alpha value is -2.53. The molecule has 4 rings (SSSR count). The van der Waals surface area contributed by atoms with Crippen molar-refractivity contribution in [2.24, 2.45) is 0 Å². The Bertz CT molecular complexity index is 1040. The number of imidazole rings is 1. The lowest BCUT2D eigenvalue weighted by atomic mass is 10.3. The van der Waals surface area contributed by atoms with Gasteiger partial charge in [0.2, 0.25) is 6.79 Å². The van der Waals surface area contributed by atoms with Crippen molar-refractivity contribution in [3.8, 4) is 11.5 Å². The Kier molecular flexibility index (Phi) is 4.79. The maximum absolute atomic E-state index is 10.9. The fourth-order valence-electron chi connectivity index (χ4n) is 2.68. The predicted octanol–water partition coefficient (Wildman–Crippen LogP) is 2.92. The van der Waals surface area contributed by atoms with Gasteiger partial charge in [0, 0.05) is 22.3 Å². The second-order valence-electron chi connectivity index (χ2n) is 5.71. The number of hydrogen-bond donors (Lipinski definition) is 2. The Morgan fingerprint density at radius 1 is 1.33 bits per heavy atom. The van der Waals surface area contributed by atoms with E-state index in [1.54, 1.807) is 0 Å². The monoisotopic (exact) mass is 451 g/mol. The minimum absolute atomic E-state index is 0.0536. The Labute approximate surface area is 166 Å². The van der Waals surface area contributed by atoms with E-state index in [0.717, 1.165) is 9.37 Å². The summed E-state index contributed by atoms with van der Waals surface area (Å²) in [6.45, 7) is 0.638. The van der Waals surface area contributed by atoms with Crippen LogP contribution in [-0.4, -0.2) is 37.4 Å². The van der Waals surface area contributed by atoms with Crippen LogP contribution in [-0.2, 0) is 11.3 Å². The number of aromatic nitrogens is 4. The van der Waals surface area contributed by atoms with Crippen LogP contribution in [0.3, 0.4) is 0 Å². The summed E-state index contributed by atoms with van der Waals surface area (Å²) in [6, 6.07) is 3.71. The predicted molar refractivity (Wildman–Crippen MR) is 101 cm³/mol. The van der Waals surface area contributed by atoms with Gasteiger partial charge in [0.05, 0.1) is 0 Å². The Morgan fingerprint density at radius 2 is 2.11 bits per heavy atom. The van der Waals surface area contributed by atoms with Crippen LogP contribution in [0.4, 0.5) is 5.82 Å². The van der Waals surface area contributed by atoms with Crippen LogP contribution in [0.1, 0.15) is 12.8 Å². The minimum Gasteiger partial charge on any atom is -0.481 e. The highest BCUT2D eigenvalue weighted by Gasteiger charge is 2.20. The van der Waals surface area contributed by atoms with Crippen LogP contribution < -0.4 is 15.2 Å². The largest absolute Gasteiger partial charge is 0.481 e. The number of nitrogens with zero attached hydrogens (tertiary/aromatic N) is 4. The van der Waals surface area contributed by atoms with Crippen LogP contribution >= 0.6 is 27.7 Å². The molecule has 0 radical (unpaired) electrons. The number of halogens is 1. The summed E-state index contributed by atoms with van der Waals surface area (Å²) < 4.78 is 13.5. The van der Waals surface area contributed by atoms with E-state index in [1.165, 1.54) is 18.1 Å². The summed E-state index contributed by atoms with van der Waals surface area (Å²) in [6.07, 6.45) is 1.87. The maximum Gasteiger partial charge on any atom is 0.303 e. The van der Waals surface area contributed by atoms with E-state index < -0.39 is 5.97 Å². The molecule has 1 aliphatic rings. The van der Waals surface area contributed by atoms with Crippen LogP contribution in [0.2, 0.25) is 0 Å². The third-order valence-electron chi connectivity index (χ3n) is 3.93. The van der Waals surface area contributed by atoms with E-state index in [2.05, 4.69) is 30.9 Å². The number of hydrogen-bond acceptors (Lipinski definition) is 8. The topological polar surface area (TPSA) is 125 Å². The van der Waals surface area contributed by atoms with Gasteiger partial charge in [-0.3, -0.25) is 4.79 Å². The molecule has 9 nitrogen and oxygen atoms in total. The lowest BCUT2D eigenvalue weighted by molar-refractivity contribution is -0.137. The van der Waals surface area contributed by atoms with E-state index in [-0.39, 0.29) is 19.0 Å². The van der Waals surface area contributed by atoms with E-state index in [0.29, 0.717) is 40.8 Å². The second kappa shape index (κ2) is 7.24. The van der Waals surface area contributed by atoms with Crippen LogP contribution in [0, 0.1) is 0 Å². The summed E-state index contributed by atoms with van der Waals surface area (Å²) in [7, 11) is 0. The Balaban J connectivity index is 1.72. The van der Waals surface area contributed by atoms with Crippen molar-refractivity contribution in [2.45, 2.75) is 29.4 Å². The van der Waals surface area contributed by atoms with Gasteiger partial charge < -0.3 is 24.9 Å². The molecule has 0 atom stereocenters. The van der Waals surface area contributed by atoms with Crippen LogP contribution in [0.15, 0.2) is 33.0 Å². The van der Waals surface area contributed by atoms with Crippen molar-refractivity contribution >= 4 is 50.6 Å². The van der Waals surface area contributed by atoms with Gasteiger partial charge >= 0.3 is 5.97 Å². The van der Waals surface area contributed by atoms with Gasteiger partial charge in [-0.25, -0.2) is 15.0 Å². The van der Waals surface area contributed by atoms with Gasteiger partial charge in [0.25, 0.3) is 0 Å². The molecule has 0 saturated heterocycles. The van der Waals surface area contributed by atoms with Crippen LogP contribution in [0.5, 0.6) is 11.5 Å². The molecule has 0 bridgehead atoms. The third-order valence-corrected chi connectivity index (χ3v) is 5.90. The molecule has 3 N–H and O–H groups in total. The van der Waals surface area contributed by atoms with Gasteiger partial charge in [-0.1, -0.05) is 11.8 Å². The fourth-order valence-corrected chi connectivity index (χ4v) is 4.19. The number of ether oxygens (including phenoxy) is 2. The normalized spacial score (nSPS) is 12.6. The SMILES string of the molecule is Nc1ncnc2c1nc(Sc1cc3c(cc1Br)OCO3)n2CCCC(=O)O. The zero-order chi connectivity index (χ0) is 19.0. The van der Waals surface area contributed by atoms with Crippen molar-refractivity contribution in [3.05, 3.63) is 22.9 Å². The van der Waals surface area contributed by atoms with Crippen molar-refractivity contribution in [1.29, 1.82) is 0 Å². The third kappa shape index (κ3) is 3.52. The molecule has 11 heteroatoms. The summed E-state index contributed by atoms with van der Waals surface area (Å²) in [4.78, 5) is 24.6. The number of fused-ring (bicyclic) bond motifs is 2. The first-order valence-electron chi connectivity index (χ1n) is 7.98. The van der Waals surface area contributed by atoms with E-state index >= 15 is 0 Å².